The highest BCUT2D eigenvalue weighted by molar-refractivity contribution is 5.58. The molecule has 2 heterocycles. The average Bonchev–Trinajstić information content (AvgIpc) is 2.75. The van der Waals surface area contributed by atoms with Gasteiger partial charge in [0.05, 0.1) is 0 Å². The van der Waals surface area contributed by atoms with Crippen LogP contribution in [0.3, 0.4) is 0 Å². The number of pyridine rings is 1. The zero-order valence-electron chi connectivity index (χ0n) is 21.3. The minimum atomic E-state index is -0.214. The number of nitrogens with zero attached hydrogens (tertiary/aromatic N) is 2. The molecule has 0 bridgehead atoms. The monoisotopic (exact) mass is 438 g/mol. The second-order valence-electron chi connectivity index (χ2n) is 10.0. The fourth-order valence-electron chi connectivity index (χ4n) is 4.89. The van der Waals surface area contributed by atoms with Gasteiger partial charge in [0.1, 0.15) is 22.9 Å². The van der Waals surface area contributed by atoms with Gasteiger partial charge in [-0.1, -0.05) is 26.2 Å². The molecule has 32 heavy (non-hydrogen) atoms. The third-order valence-corrected chi connectivity index (χ3v) is 7.19. The predicted molar refractivity (Wildman–Crippen MR) is 134 cm³/mol. The highest BCUT2D eigenvalue weighted by Crippen LogP contribution is 2.44. The van der Waals surface area contributed by atoms with E-state index in [1.54, 1.807) is 0 Å². The SMILES string of the molecule is CCCCCCN(CCC1(C)CCc2c(C)c(O)c(C)c(C)c2O1)c1cc(C)cc(C)n1. The first-order chi connectivity index (χ1) is 15.1. The minimum absolute atomic E-state index is 0.214. The molecule has 1 unspecified atom stereocenters. The van der Waals surface area contributed by atoms with Crippen molar-refractivity contribution in [2.75, 3.05) is 18.0 Å². The van der Waals surface area contributed by atoms with Gasteiger partial charge in [0.25, 0.3) is 0 Å². The molecule has 4 heteroatoms. The standard InChI is InChI=1S/C28H42N2O2/c1-8-9-10-11-15-30(25-18-19(2)17-20(3)29-25)16-14-28(7)13-12-24-23(6)26(31)21(4)22(5)27(24)32-28/h17-18,31H,8-16H2,1-7H3. The van der Waals surface area contributed by atoms with Crippen molar-refractivity contribution in [1.82, 2.24) is 4.98 Å². The van der Waals surface area contributed by atoms with Crippen LogP contribution in [-0.4, -0.2) is 28.8 Å². The Kier molecular flexibility index (Phi) is 7.74. The van der Waals surface area contributed by atoms with E-state index in [9.17, 15) is 5.11 Å². The van der Waals surface area contributed by atoms with Gasteiger partial charge >= 0.3 is 0 Å². The number of aryl methyl sites for hydroxylation is 2. The smallest absolute Gasteiger partial charge is 0.129 e. The topological polar surface area (TPSA) is 45.6 Å². The molecule has 1 aliphatic heterocycles. The van der Waals surface area contributed by atoms with Crippen molar-refractivity contribution in [3.05, 3.63) is 45.6 Å². The van der Waals surface area contributed by atoms with Gasteiger partial charge in [0.15, 0.2) is 0 Å². The molecular formula is C28H42N2O2. The number of rotatable bonds is 9. The van der Waals surface area contributed by atoms with Gasteiger partial charge in [0, 0.05) is 30.8 Å². The number of hydrogen-bond acceptors (Lipinski definition) is 4. The zero-order valence-corrected chi connectivity index (χ0v) is 21.3. The maximum Gasteiger partial charge on any atom is 0.129 e. The first-order valence-corrected chi connectivity index (χ1v) is 12.4. The van der Waals surface area contributed by atoms with E-state index in [4.69, 9.17) is 9.72 Å². The molecule has 1 N–H and O–H groups in total. The largest absolute Gasteiger partial charge is 0.507 e. The van der Waals surface area contributed by atoms with Gasteiger partial charge in [-0.15, -0.1) is 0 Å². The van der Waals surface area contributed by atoms with E-state index < -0.39 is 0 Å². The van der Waals surface area contributed by atoms with Crippen molar-refractivity contribution in [3.63, 3.8) is 0 Å². The lowest BCUT2D eigenvalue weighted by molar-refractivity contribution is 0.0567. The van der Waals surface area contributed by atoms with Crippen molar-refractivity contribution in [2.24, 2.45) is 0 Å². The second kappa shape index (κ2) is 10.1. The number of unbranched alkanes of at least 4 members (excludes halogenated alkanes) is 3. The Morgan fingerprint density at radius 3 is 2.44 bits per heavy atom. The van der Waals surface area contributed by atoms with E-state index in [-0.39, 0.29) is 5.60 Å². The molecule has 0 fully saturated rings. The molecule has 0 aliphatic carbocycles. The van der Waals surface area contributed by atoms with E-state index in [1.807, 2.05) is 13.8 Å². The Morgan fingerprint density at radius 1 is 1.00 bits per heavy atom. The average molecular weight is 439 g/mol. The van der Waals surface area contributed by atoms with Gasteiger partial charge in [-0.3, -0.25) is 0 Å². The number of fused-ring (bicyclic) bond motifs is 1. The van der Waals surface area contributed by atoms with Crippen molar-refractivity contribution < 1.29 is 9.84 Å². The lowest BCUT2D eigenvalue weighted by atomic mass is 9.85. The predicted octanol–water partition coefficient (Wildman–Crippen LogP) is 6.89. The summed E-state index contributed by atoms with van der Waals surface area (Å²) in [4.78, 5) is 7.32. The molecule has 0 amide bonds. The molecule has 1 atom stereocenters. The molecule has 176 valence electrons. The molecule has 1 aromatic carbocycles. The number of benzene rings is 1. The Labute approximate surface area is 195 Å². The summed E-state index contributed by atoms with van der Waals surface area (Å²) in [5.74, 6) is 2.50. The van der Waals surface area contributed by atoms with Crippen molar-refractivity contribution in [1.29, 1.82) is 0 Å². The van der Waals surface area contributed by atoms with Crippen LogP contribution >= 0.6 is 0 Å². The Bertz CT molecular complexity index is 933. The fraction of sp³-hybridized carbons (Fsp3) is 0.607. The highest BCUT2D eigenvalue weighted by Gasteiger charge is 2.35. The number of aromatic nitrogens is 1. The normalized spacial score (nSPS) is 17.7. The molecule has 0 radical (unpaired) electrons. The molecule has 0 saturated heterocycles. The summed E-state index contributed by atoms with van der Waals surface area (Å²) < 4.78 is 6.69. The third kappa shape index (κ3) is 5.39. The summed E-state index contributed by atoms with van der Waals surface area (Å²) >= 11 is 0. The summed E-state index contributed by atoms with van der Waals surface area (Å²) in [6.45, 7) is 16.8. The number of anilines is 1. The summed E-state index contributed by atoms with van der Waals surface area (Å²) in [6, 6.07) is 4.36. The van der Waals surface area contributed by atoms with E-state index in [0.29, 0.717) is 5.75 Å². The van der Waals surface area contributed by atoms with Crippen LogP contribution in [0.2, 0.25) is 0 Å². The summed E-state index contributed by atoms with van der Waals surface area (Å²) in [6.07, 6.45) is 7.86. The van der Waals surface area contributed by atoms with Crippen LogP contribution in [0.25, 0.3) is 0 Å². The van der Waals surface area contributed by atoms with Crippen LogP contribution in [0.4, 0.5) is 5.82 Å². The first kappa shape index (κ1) is 24.4. The molecule has 3 rings (SSSR count). The van der Waals surface area contributed by atoms with Gasteiger partial charge in [0.2, 0.25) is 0 Å². The first-order valence-electron chi connectivity index (χ1n) is 12.4. The van der Waals surface area contributed by atoms with Gasteiger partial charge in [-0.25, -0.2) is 4.98 Å². The number of hydrogen-bond donors (Lipinski definition) is 1. The zero-order chi connectivity index (χ0) is 23.5. The maximum absolute atomic E-state index is 10.5. The molecule has 1 aliphatic rings. The summed E-state index contributed by atoms with van der Waals surface area (Å²) in [5.41, 5.74) is 6.28. The number of phenols is 1. The van der Waals surface area contributed by atoms with Gasteiger partial charge in [-0.05, 0) is 95.2 Å². The third-order valence-electron chi connectivity index (χ3n) is 7.19. The molecule has 0 saturated carbocycles. The highest BCUT2D eigenvalue weighted by atomic mass is 16.5. The number of phenolic OH excluding ortho intramolecular Hbond substituents is 1. The van der Waals surface area contributed by atoms with Crippen LogP contribution in [0.5, 0.6) is 11.5 Å². The molecule has 4 nitrogen and oxygen atoms in total. The van der Waals surface area contributed by atoms with E-state index in [0.717, 1.165) is 66.3 Å². The quantitative estimate of drug-likeness (QED) is 0.433. The Morgan fingerprint density at radius 2 is 1.75 bits per heavy atom. The van der Waals surface area contributed by atoms with E-state index in [2.05, 4.69) is 51.7 Å². The maximum atomic E-state index is 10.5. The van der Waals surface area contributed by atoms with Crippen LogP contribution in [0, 0.1) is 34.6 Å². The Balaban J connectivity index is 1.78. The molecule has 0 spiro atoms. The van der Waals surface area contributed by atoms with Crippen molar-refractivity contribution in [2.45, 2.75) is 99.0 Å². The van der Waals surface area contributed by atoms with Crippen molar-refractivity contribution >= 4 is 5.82 Å². The minimum Gasteiger partial charge on any atom is -0.507 e. The molecule has 1 aromatic heterocycles. The lowest BCUT2D eigenvalue weighted by Crippen LogP contribution is -2.41. The van der Waals surface area contributed by atoms with Crippen LogP contribution in [0.15, 0.2) is 12.1 Å². The molecular weight excluding hydrogens is 396 g/mol. The van der Waals surface area contributed by atoms with Crippen molar-refractivity contribution in [3.8, 4) is 11.5 Å². The summed E-state index contributed by atoms with van der Waals surface area (Å²) in [7, 11) is 0. The van der Waals surface area contributed by atoms with Gasteiger partial charge in [-0.2, -0.15) is 0 Å². The van der Waals surface area contributed by atoms with E-state index >= 15 is 0 Å². The fourth-order valence-corrected chi connectivity index (χ4v) is 4.89. The molecule has 2 aromatic rings. The second-order valence-corrected chi connectivity index (χ2v) is 10.0. The van der Waals surface area contributed by atoms with Crippen LogP contribution in [0.1, 0.15) is 85.9 Å². The lowest BCUT2D eigenvalue weighted by Gasteiger charge is -2.39. The van der Waals surface area contributed by atoms with Crippen LogP contribution < -0.4 is 9.64 Å². The Hall–Kier alpha value is -2.23. The van der Waals surface area contributed by atoms with Gasteiger partial charge < -0.3 is 14.7 Å². The van der Waals surface area contributed by atoms with Crippen LogP contribution in [-0.2, 0) is 6.42 Å². The number of aromatic hydroxyl groups is 1. The summed E-state index contributed by atoms with van der Waals surface area (Å²) in [5, 5.41) is 10.5. The number of ether oxygens (including phenoxy) is 1. The van der Waals surface area contributed by atoms with E-state index in [1.165, 1.54) is 36.8 Å².